The van der Waals surface area contributed by atoms with Gasteiger partial charge in [0, 0.05) is 17.8 Å². The van der Waals surface area contributed by atoms with Crippen molar-refractivity contribution in [2.24, 2.45) is 5.92 Å². The van der Waals surface area contributed by atoms with Gasteiger partial charge in [0.1, 0.15) is 11.9 Å². The van der Waals surface area contributed by atoms with Crippen LogP contribution in [0.15, 0.2) is 59.8 Å². The Bertz CT molecular complexity index is 1320. The van der Waals surface area contributed by atoms with Crippen molar-refractivity contribution in [3.8, 4) is 11.6 Å². The van der Waals surface area contributed by atoms with Gasteiger partial charge in [-0.3, -0.25) is 14.0 Å². The first-order valence-corrected chi connectivity index (χ1v) is 10.5. The summed E-state index contributed by atoms with van der Waals surface area (Å²) in [7, 11) is 0. The number of aliphatic hydroxyl groups excluding tert-OH is 1. The van der Waals surface area contributed by atoms with Crippen LogP contribution in [-0.4, -0.2) is 37.1 Å². The molecule has 0 aliphatic heterocycles. The molecule has 4 rings (SSSR count). The van der Waals surface area contributed by atoms with Crippen molar-refractivity contribution in [3.05, 3.63) is 81.7 Å². The standard InChI is InChI=1S/C23H22ClFN4O3/c1-14(2)21(13-30)32-22-9-20(17(24)11-26-22)28-8-7-19-16(23(28)31)10-27-29(19)12-15-5-3-4-6-18(15)25/h3-11,14,21,30H,12-13H2,1-2H3/t21-/m1/s1. The van der Waals surface area contributed by atoms with Crippen molar-refractivity contribution in [1.29, 1.82) is 0 Å². The Labute approximate surface area is 188 Å². The average molecular weight is 457 g/mol. The van der Waals surface area contributed by atoms with Crippen molar-refractivity contribution >= 4 is 22.5 Å². The maximum Gasteiger partial charge on any atom is 0.266 e. The average Bonchev–Trinajstić information content (AvgIpc) is 3.18. The fourth-order valence-corrected chi connectivity index (χ4v) is 3.57. The van der Waals surface area contributed by atoms with Crippen molar-refractivity contribution in [2.45, 2.75) is 26.5 Å². The smallest absolute Gasteiger partial charge is 0.266 e. The van der Waals surface area contributed by atoms with Gasteiger partial charge in [-0.25, -0.2) is 9.37 Å². The molecule has 9 heteroatoms. The first-order valence-electron chi connectivity index (χ1n) is 10.1. The van der Waals surface area contributed by atoms with Gasteiger partial charge in [-0.1, -0.05) is 43.6 Å². The number of rotatable bonds is 7. The van der Waals surface area contributed by atoms with E-state index in [1.54, 1.807) is 41.2 Å². The molecular weight excluding hydrogens is 435 g/mol. The summed E-state index contributed by atoms with van der Waals surface area (Å²) < 4.78 is 22.8. The van der Waals surface area contributed by atoms with E-state index in [4.69, 9.17) is 16.3 Å². The fraction of sp³-hybridized carbons (Fsp3) is 0.261. The minimum atomic E-state index is -0.438. The molecule has 0 aliphatic carbocycles. The Morgan fingerprint density at radius 2 is 2.00 bits per heavy atom. The second-order valence-corrected chi connectivity index (χ2v) is 8.15. The molecule has 0 saturated carbocycles. The summed E-state index contributed by atoms with van der Waals surface area (Å²) in [4.78, 5) is 17.3. The molecule has 0 radical (unpaired) electrons. The molecule has 1 aromatic carbocycles. The molecule has 1 N–H and O–H groups in total. The normalized spacial score (nSPS) is 12.4. The van der Waals surface area contributed by atoms with E-state index in [1.807, 2.05) is 13.8 Å². The molecule has 3 aromatic heterocycles. The maximum atomic E-state index is 14.0. The minimum absolute atomic E-state index is 0.0697. The Hall–Kier alpha value is -3.23. The van der Waals surface area contributed by atoms with Gasteiger partial charge < -0.3 is 9.84 Å². The van der Waals surface area contributed by atoms with E-state index in [0.717, 1.165) is 0 Å². The molecule has 0 amide bonds. The van der Waals surface area contributed by atoms with Gasteiger partial charge in [0.05, 0.1) is 47.2 Å². The molecule has 4 aromatic rings. The van der Waals surface area contributed by atoms with E-state index >= 15 is 0 Å². The second kappa shape index (κ2) is 9.10. The largest absolute Gasteiger partial charge is 0.472 e. The summed E-state index contributed by atoms with van der Waals surface area (Å²) in [6.45, 7) is 3.89. The van der Waals surface area contributed by atoms with Gasteiger partial charge in [0.2, 0.25) is 5.88 Å². The van der Waals surface area contributed by atoms with Crippen LogP contribution < -0.4 is 10.3 Å². The number of nitrogens with zero attached hydrogens (tertiary/aromatic N) is 4. The van der Waals surface area contributed by atoms with E-state index in [2.05, 4.69) is 10.1 Å². The summed E-state index contributed by atoms with van der Waals surface area (Å²) >= 11 is 6.33. The van der Waals surface area contributed by atoms with Crippen LogP contribution in [0.25, 0.3) is 16.6 Å². The number of aliphatic hydroxyl groups is 1. The van der Waals surface area contributed by atoms with Crippen LogP contribution in [0.3, 0.4) is 0 Å². The third kappa shape index (κ3) is 4.24. The monoisotopic (exact) mass is 456 g/mol. The Morgan fingerprint density at radius 1 is 1.22 bits per heavy atom. The zero-order valence-corrected chi connectivity index (χ0v) is 18.3. The predicted octanol–water partition coefficient (Wildman–Crippen LogP) is 3.82. The predicted molar refractivity (Wildman–Crippen MR) is 120 cm³/mol. The van der Waals surface area contributed by atoms with Gasteiger partial charge in [0.15, 0.2) is 0 Å². The molecule has 1 atom stereocenters. The van der Waals surface area contributed by atoms with Gasteiger partial charge >= 0.3 is 0 Å². The lowest BCUT2D eigenvalue weighted by Crippen LogP contribution is -2.27. The van der Waals surface area contributed by atoms with Crippen LogP contribution in [0.4, 0.5) is 4.39 Å². The summed E-state index contributed by atoms with van der Waals surface area (Å²) in [5.41, 5.74) is 1.12. The topological polar surface area (TPSA) is 82.2 Å². The maximum absolute atomic E-state index is 14.0. The van der Waals surface area contributed by atoms with Crippen LogP contribution in [0.2, 0.25) is 5.02 Å². The van der Waals surface area contributed by atoms with Crippen molar-refractivity contribution in [1.82, 2.24) is 19.3 Å². The highest BCUT2D eigenvalue weighted by molar-refractivity contribution is 6.32. The first-order chi connectivity index (χ1) is 15.4. The number of halogens is 2. The number of fused-ring (bicyclic) bond motifs is 1. The molecule has 0 saturated heterocycles. The van der Waals surface area contributed by atoms with Gasteiger partial charge in [-0.05, 0) is 18.1 Å². The van der Waals surface area contributed by atoms with Gasteiger partial charge in [-0.2, -0.15) is 5.10 Å². The Morgan fingerprint density at radius 3 is 2.72 bits per heavy atom. The molecule has 0 unspecified atom stereocenters. The van der Waals surface area contributed by atoms with Gasteiger partial charge in [-0.15, -0.1) is 0 Å². The van der Waals surface area contributed by atoms with Crippen molar-refractivity contribution in [3.63, 3.8) is 0 Å². The SMILES string of the molecule is CC(C)[C@@H](CO)Oc1cc(-n2ccc3c(cnn3Cc3ccccc3F)c2=O)c(Cl)cn1. The molecule has 0 spiro atoms. The quantitative estimate of drug-likeness (QED) is 0.457. The molecule has 0 fully saturated rings. The third-order valence-electron chi connectivity index (χ3n) is 5.25. The Kier molecular flexibility index (Phi) is 6.25. The van der Waals surface area contributed by atoms with E-state index < -0.39 is 6.10 Å². The molecule has 0 aliphatic rings. The Balaban J connectivity index is 1.72. The summed E-state index contributed by atoms with van der Waals surface area (Å²) in [5, 5.41) is 14.4. The molecule has 3 heterocycles. The van der Waals surface area contributed by atoms with Crippen LogP contribution in [0, 0.1) is 11.7 Å². The zero-order chi connectivity index (χ0) is 22.8. The minimum Gasteiger partial charge on any atom is -0.472 e. The van der Waals surface area contributed by atoms with Crippen LogP contribution >= 0.6 is 11.6 Å². The number of ether oxygens (including phenoxy) is 1. The van der Waals surface area contributed by atoms with E-state index in [1.165, 1.54) is 23.0 Å². The summed E-state index contributed by atoms with van der Waals surface area (Å²) in [5.74, 6) is -0.0112. The third-order valence-corrected chi connectivity index (χ3v) is 5.55. The molecule has 7 nitrogen and oxygen atoms in total. The zero-order valence-electron chi connectivity index (χ0n) is 17.6. The summed E-state index contributed by atoms with van der Waals surface area (Å²) in [6, 6.07) is 9.73. The van der Waals surface area contributed by atoms with Crippen molar-refractivity contribution in [2.75, 3.05) is 6.61 Å². The van der Waals surface area contributed by atoms with Crippen LogP contribution in [0.1, 0.15) is 19.4 Å². The van der Waals surface area contributed by atoms with Crippen LogP contribution in [0.5, 0.6) is 5.88 Å². The summed E-state index contributed by atoms with van der Waals surface area (Å²) in [6.07, 6.45) is 4.01. The molecular formula is C23H22ClFN4O3. The van der Waals surface area contributed by atoms with E-state index in [9.17, 15) is 14.3 Å². The number of hydrogen-bond donors (Lipinski definition) is 1. The number of pyridine rings is 2. The number of aromatic nitrogens is 4. The van der Waals surface area contributed by atoms with E-state index in [-0.39, 0.29) is 41.3 Å². The number of hydrogen-bond acceptors (Lipinski definition) is 5. The fourth-order valence-electron chi connectivity index (χ4n) is 3.38. The molecule has 166 valence electrons. The van der Waals surface area contributed by atoms with Crippen molar-refractivity contribution < 1.29 is 14.2 Å². The first kappa shape index (κ1) is 22.0. The van der Waals surface area contributed by atoms with Gasteiger partial charge in [0.25, 0.3) is 5.56 Å². The highest BCUT2D eigenvalue weighted by Crippen LogP contribution is 2.25. The lowest BCUT2D eigenvalue weighted by molar-refractivity contribution is 0.0762. The van der Waals surface area contributed by atoms with Crippen LogP contribution in [-0.2, 0) is 6.54 Å². The highest BCUT2D eigenvalue weighted by atomic mass is 35.5. The number of benzene rings is 1. The lowest BCUT2D eigenvalue weighted by atomic mass is 10.1. The highest BCUT2D eigenvalue weighted by Gasteiger charge is 2.17. The second-order valence-electron chi connectivity index (χ2n) is 7.74. The molecule has 32 heavy (non-hydrogen) atoms. The van der Waals surface area contributed by atoms with E-state index in [0.29, 0.717) is 22.2 Å². The lowest BCUT2D eigenvalue weighted by Gasteiger charge is -2.20. The molecule has 0 bridgehead atoms.